The van der Waals surface area contributed by atoms with E-state index in [1.165, 1.54) is 12.1 Å². The Bertz CT molecular complexity index is 755. The standard InChI is InChI=1S/C13H7Cl4FN2O2/c14-7-3-6(18)2-1-5(7)4-22-13(21)11-8(15)10(19)9(16)12(17)20-11/h1-3H,4H2,(H2,19,20). The van der Waals surface area contributed by atoms with Crippen molar-refractivity contribution in [2.45, 2.75) is 6.61 Å². The van der Waals surface area contributed by atoms with Gasteiger partial charge in [0, 0.05) is 5.56 Å². The van der Waals surface area contributed by atoms with Crippen molar-refractivity contribution in [2.75, 3.05) is 5.73 Å². The minimum Gasteiger partial charge on any atom is -0.456 e. The van der Waals surface area contributed by atoms with Crippen LogP contribution in [0.2, 0.25) is 20.2 Å². The maximum absolute atomic E-state index is 12.9. The number of nitrogen functional groups attached to an aromatic ring is 1. The van der Waals surface area contributed by atoms with Crippen LogP contribution in [0, 0.1) is 5.82 Å². The monoisotopic (exact) mass is 382 g/mol. The van der Waals surface area contributed by atoms with Crippen molar-refractivity contribution in [1.82, 2.24) is 4.98 Å². The van der Waals surface area contributed by atoms with E-state index in [1.807, 2.05) is 0 Å². The number of aromatic nitrogens is 1. The number of benzene rings is 1. The second kappa shape index (κ2) is 6.87. The number of nitrogens with two attached hydrogens (primary N) is 1. The maximum Gasteiger partial charge on any atom is 0.358 e. The Balaban J connectivity index is 2.20. The highest BCUT2D eigenvalue weighted by atomic mass is 35.5. The van der Waals surface area contributed by atoms with Gasteiger partial charge >= 0.3 is 5.97 Å². The van der Waals surface area contributed by atoms with Gasteiger partial charge in [-0.25, -0.2) is 14.2 Å². The van der Waals surface area contributed by atoms with Crippen molar-refractivity contribution in [3.63, 3.8) is 0 Å². The van der Waals surface area contributed by atoms with Gasteiger partial charge in [0.2, 0.25) is 0 Å². The van der Waals surface area contributed by atoms with Crippen molar-refractivity contribution in [2.24, 2.45) is 0 Å². The molecule has 2 aromatic rings. The zero-order chi connectivity index (χ0) is 16.4. The lowest BCUT2D eigenvalue weighted by Gasteiger charge is -2.10. The van der Waals surface area contributed by atoms with Gasteiger partial charge in [0.05, 0.1) is 15.7 Å². The van der Waals surface area contributed by atoms with Gasteiger partial charge in [-0.05, 0) is 12.1 Å². The van der Waals surface area contributed by atoms with Crippen LogP contribution in [0.15, 0.2) is 18.2 Å². The lowest BCUT2D eigenvalue weighted by molar-refractivity contribution is 0.0466. The van der Waals surface area contributed by atoms with Crippen LogP contribution in [0.25, 0.3) is 0 Å². The Labute approximate surface area is 144 Å². The van der Waals surface area contributed by atoms with E-state index in [0.29, 0.717) is 5.56 Å². The fraction of sp³-hybridized carbons (Fsp3) is 0.0769. The van der Waals surface area contributed by atoms with Crippen LogP contribution in [-0.4, -0.2) is 11.0 Å². The summed E-state index contributed by atoms with van der Waals surface area (Å²) < 4.78 is 17.9. The van der Waals surface area contributed by atoms with E-state index in [0.717, 1.165) is 6.07 Å². The van der Waals surface area contributed by atoms with Gasteiger partial charge in [0.15, 0.2) is 10.8 Å². The summed E-state index contributed by atoms with van der Waals surface area (Å²) in [6, 6.07) is 3.69. The first-order chi connectivity index (χ1) is 10.3. The molecule has 0 atom stereocenters. The molecule has 0 fully saturated rings. The third kappa shape index (κ3) is 3.55. The third-order valence-corrected chi connectivity index (χ3v) is 4.13. The topological polar surface area (TPSA) is 65.2 Å². The summed E-state index contributed by atoms with van der Waals surface area (Å²) in [7, 11) is 0. The number of ether oxygens (including phenoxy) is 1. The highest BCUT2D eigenvalue weighted by Crippen LogP contribution is 2.34. The molecule has 0 radical (unpaired) electrons. The zero-order valence-corrected chi connectivity index (χ0v) is 13.7. The summed E-state index contributed by atoms with van der Waals surface area (Å²) >= 11 is 23.2. The number of esters is 1. The Hall–Kier alpha value is -1.27. The smallest absolute Gasteiger partial charge is 0.358 e. The average molecular weight is 384 g/mol. The fourth-order valence-electron chi connectivity index (χ4n) is 1.52. The Morgan fingerprint density at radius 3 is 2.55 bits per heavy atom. The van der Waals surface area contributed by atoms with Gasteiger partial charge in [-0.15, -0.1) is 0 Å². The first-order valence-electron chi connectivity index (χ1n) is 5.72. The summed E-state index contributed by atoms with van der Waals surface area (Å²) in [6.07, 6.45) is 0. The van der Waals surface area contributed by atoms with Gasteiger partial charge in [0.25, 0.3) is 0 Å². The molecule has 0 aliphatic carbocycles. The molecule has 4 nitrogen and oxygen atoms in total. The quantitative estimate of drug-likeness (QED) is 0.612. The first kappa shape index (κ1) is 17.1. The molecular formula is C13H7Cl4FN2O2. The molecule has 9 heteroatoms. The second-order valence-corrected chi connectivity index (χ2v) is 5.63. The number of rotatable bonds is 3. The Morgan fingerprint density at radius 1 is 1.23 bits per heavy atom. The van der Waals surface area contributed by atoms with Crippen molar-refractivity contribution in [3.8, 4) is 0 Å². The number of hydrogen-bond donors (Lipinski definition) is 1. The highest BCUT2D eigenvalue weighted by Gasteiger charge is 2.21. The Morgan fingerprint density at radius 2 is 1.91 bits per heavy atom. The molecule has 0 unspecified atom stereocenters. The summed E-state index contributed by atoms with van der Waals surface area (Å²) in [5, 5.41) is -0.259. The van der Waals surface area contributed by atoms with Gasteiger partial charge in [-0.1, -0.05) is 52.5 Å². The number of carbonyl (C=O) groups is 1. The van der Waals surface area contributed by atoms with Crippen molar-refractivity contribution < 1.29 is 13.9 Å². The predicted molar refractivity (Wildman–Crippen MR) is 84.2 cm³/mol. The normalized spacial score (nSPS) is 10.6. The number of carbonyl (C=O) groups excluding carboxylic acids is 1. The molecule has 0 saturated heterocycles. The third-order valence-electron chi connectivity index (χ3n) is 2.64. The fourth-order valence-corrected chi connectivity index (χ4v) is 2.32. The minimum atomic E-state index is -0.865. The van der Waals surface area contributed by atoms with Gasteiger partial charge in [-0.2, -0.15) is 0 Å². The molecule has 22 heavy (non-hydrogen) atoms. The molecule has 116 valence electrons. The van der Waals surface area contributed by atoms with Gasteiger partial charge in [-0.3, -0.25) is 0 Å². The summed E-state index contributed by atoms with van der Waals surface area (Å²) in [4.78, 5) is 15.7. The van der Waals surface area contributed by atoms with E-state index in [-0.39, 0.29) is 38.2 Å². The number of hydrogen-bond acceptors (Lipinski definition) is 4. The van der Waals surface area contributed by atoms with Crippen LogP contribution >= 0.6 is 46.4 Å². The number of anilines is 1. The molecule has 2 rings (SSSR count). The largest absolute Gasteiger partial charge is 0.456 e. The van der Waals surface area contributed by atoms with Gasteiger partial charge in [0.1, 0.15) is 17.4 Å². The molecular weight excluding hydrogens is 377 g/mol. The molecule has 1 aromatic carbocycles. The molecule has 0 aliphatic heterocycles. The maximum atomic E-state index is 12.9. The van der Waals surface area contributed by atoms with E-state index in [4.69, 9.17) is 56.9 Å². The van der Waals surface area contributed by atoms with E-state index in [9.17, 15) is 9.18 Å². The molecule has 0 spiro atoms. The molecule has 1 heterocycles. The van der Waals surface area contributed by atoms with Crippen LogP contribution in [0.3, 0.4) is 0 Å². The summed E-state index contributed by atoms with van der Waals surface area (Å²) in [5.41, 5.74) is 5.68. The van der Waals surface area contributed by atoms with Crippen LogP contribution < -0.4 is 5.73 Å². The van der Waals surface area contributed by atoms with Gasteiger partial charge < -0.3 is 10.5 Å². The first-order valence-corrected chi connectivity index (χ1v) is 7.23. The Kier molecular flexibility index (Phi) is 5.34. The molecule has 2 N–H and O–H groups in total. The predicted octanol–water partition coefficient (Wildman–Crippen LogP) is 4.77. The summed E-state index contributed by atoms with van der Waals surface area (Å²) in [5.74, 6) is -1.36. The van der Waals surface area contributed by atoms with E-state index in [2.05, 4.69) is 4.98 Å². The lowest BCUT2D eigenvalue weighted by atomic mass is 10.2. The lowest BCUT2D eigenvalue weighted by Crippen LogP contribution is -2.10. The number of pyridine rings is 1. The summed E-state index contributed by atoms with van der Waals surface area (Å²) in [6.45, 7) is -0.198. The average Bonchev–Trinajstić information content (AvgIpc) is 2.47. The van der Waals surface area contributed by atoms with Crippen LogP contribution in [0.5, 0.6) is 0 Å². The molecule has 0 bridgehead atoms. The van der Waals surface area contributed by atoms with E-state index in [1.54, 1.807) is 0 Å². The van der Waals surface area contributed by atoms with Crippen LogP contribution in [0.1, 0.15) is 16.1 Å². The SMILES string of the molecule is Nc1c(Cl)c(Cl)nc(C(=O)OCc2ccc(F)cc2Cl)c1Cl. The van der Waals surface area contributed by atoms with Crippen LogP contribution in [0.4, 0.5) is 10.1 Å². The molecule has 0 saturated carbocycles. The number of nitrogens with zero attached hydrogens (tertiary/aromatic N) is 1. The zero-order valence-electron chi connectivity index (χ0n) is 10.7. The highest BCUT2D eigenvalue weighted by molar-refractivity contribution is 6.46. The van der Waals surface area contributed by atoms with Crippen molar-refractivity contribution in [3.05, 3.63) is 55.5 Å². The number of halogens is 5. The molecule has 0 amide bonds. The minimum absolute atomic E-state index is 0.0511. The van der Waals surface area contributed by atoms with Crippen molar-refractivity contribution in [1.29, 1.82) is 0 Å². The molecule has 0 aliphatic rings. The second-order valence-electron chi connectivity index (χ2n) is 4.10. The van der Waals surface area contributed by atoms with E-state index >= 15 is 0 Å². The molecule has 1 aromatic heterocycles. The van der Waals surface area contributed by atoms with Crippen LogP contribution in [-0.2, 0) is 11.3 Å². The van der Waals surface area contributed by atoms with E-state index < -0.39 is 11.8 Å². The van der Waals surface area contributed by atoms with Crippen molar-refractivity contribution >= 4 is 58.1 Å².